The molecule has 2 fully saturated rings. The van der Waals surface area contributed by atoms with Gasteiger partial charge in [0.05, 0.1) is 18.8 Å². The van der Waals surface area contributed by atoms with Crippen molar-refractivity contribution in [2.24, 2.45) is 11.7 Å². The summed E-state index contributed by atoms with van der Waals surface area (Å²) in [6.45, 7) is 2.11. The number of amides is 1. The molecule has 5 heteroatoms. The second kappa shape index (κ2) is 4.06. The first-order valence-electron chi connectivity index (χ1n) is 5.38. The molecule has 0 aromatic carbocycles. The van der Waals surface area contributed by atoms with Gasteiger partial charge in [0.2, 0.25) is 5.91 Å². The molecule has 86 valence electrons. The average Bonchev–Trinajstić information content (AvgIpc) is 2.21. The van der Waals surface area contributed by atoms with Crippen LogP contribution in [0.1, 0.15) is 19.8 Å². The quantitative estimate of drug-likeness (QED) is 0.684. The number of halogens is 1. The standard InChI is InChI=1S/C10H17FN2O2/c1-6-2-8-9(3-7(6)11)15-4-10(14)13(8)5-12/h6-9H,2-5,12H2,1H3. The van der Waals surface area contributed by atoms with Crippen LogP contribution < -0.4 is 5.73 Å². The van der Waals surface area contributed by atoms with E-state index >= 15 is 0 Å². The van der Waals surface area contributed by atoms with Gasteiger partial charge in [0.25, 0.3) is 0 Å². The summed E-state index contributed by atoms with van der Waals surface area (Å²) in [6, 6.07) is -0.0294. The second-order valence-electron chi connectivity index (χ2n) is 4.43. The number of alkyl halides is 1. The van der Waals surface area contributed by atoms with Crippen LogP contribution in [0.5, 0.6) is 0 Å². The zero-order chi connectivity index (χ0) is 11.0. The summed E-state index contributed by atoms with van der Waals surface area (Å²) in [5, 5.41) is 0. The van der Waals surface area contributed by atoms with Crippen molar-refractivity contribution >= 4 is 5.91 Å². The predicted octanol–water partition coefficient (Wildman–Crippen LogP) is 0.267. The maximum absolute atomic E-state index is 13.5. The van der Waals surface area contributed by atoms with Gasteiger partial charge in [0.1, 0.15) is 12.8 Å². The third-order valence-electron chi connectivity index (χ3n) is 3.46. The van der Waals surface area contributed by atoms with Gasteiger partial charge >= 0.3 is 0 Å². The van der Waals surface area contributed by atoms with E-state index < -0.39 is 6.17 Å². The number of nitrogens with two attached hydrogens (primary N) is 1. The van der Waals surface area contributed by atoms with Crippen LogP contribution in [0.15, 0.2) is 0 Å². The Morgan fingerprint density at radius 1 is 1.60 bits per heavy atom. The number of hydrogen-bond acceptors (Lipinski definition) is 3. The molecule has 0 aromatic heterocycles. The highest BCUT2D eigenvalue weighted by molar-refractivity contribution is 5.78. The highest BCUT2D eigenvalue weighted by Gasteiger charge is 2.43. The lowest BCUT2D eigenvalue weighted by molar-refractivity contribution is -0.165. The van der Waals surface area contributed by atoms with Gasteiger partial charge in [-0.3, -0.25) is 4.79 Å². The lowest BCUT2D eigenvalue weighted by Gasteiger charge is -2.45. The Morgan fingerprint density at radius 2 is 2.33 bits per heavy atom. The number of hydrogen-bond donors (Lipinski definition) is 1. The number of rotatable bonds is 1. The molecule has 2 rings (SSSR count). The molecule has 0 spiro atoms. The third kappa shape index (κ3) is 1.86. The molecular formula is C10H17FN2O2. The largest absolute Gasteiger partial charge is 0.366 e. The molecular weight excluding hydrogens is 199 g/mol. The fourth-order valence-corrected chi connectivity index (χ4v) is 2.48. The fourth-order valence-electron chi connectivity index (χ4n) is 2.48. The zero-order valence-corrected chi connectivity index (χ0v) is 8.86. The zero-order valence-electron chi connectivity index (χ0n) is 8.86. The van der Waals surface area contributed by atoms with Crippen molar-refractivity contribution in [2.45, 2.75) is 38.1 Å². The Balaban J connectivity index is 2.12. The summed E-state index contributed by atoms with van der Waals surface area (Å²) in [7, 11) is 0. The first kappa shape index (κ1) is 10.8. The molecule has 1 aliphatic carbocycles. The number of carbonyl (C=O) groups excluding carboxylic acids is 1. The lowest BCUT2D eigenvalue weighted by atomic mass is 9.82. The Labute approximate surface area is 88.6 Å². The van der Waals surface area contributed by atoms with Gasteiger partial charge in [-0.2, -0.15) is 0 Å². The van der Waals surface area contributed by atoms with Crippen LogP contribution in [0, 0.1) is 5.92 Å². The first-order valence-corrected chi connectivity index (χ1v) is 5.38. The van der Waals surface area contributed by atoms with Crippen molar-refractivity contribution in [3.63, 3.8) is 0 Å². The van der Waals surface area contributed by atoms with Crippen molar-refractivity contribution in [1.29, 1.82) is 0 Å². The van der Waals surface area contributed by atoms with Gasteiger partial charge in [-0.25, -0.2) is 4.39 Å². The highest BCUT2D eigenvalue weighted by Crippen LogP contribution is 2.33. The first-order chi connectivity index (χ1) is 7.13. The van der Waals surface area contributed by atoms with E-state index in [1.165, 1.54) is 0 Å². The number of ether oxygens (including phenoxy) is 1. The SMILES string of the molecule is CC1CC2C(CC1F)OCC(=O)N2CN. The summed E-state index contributed by atoms with van der Waals surface area (Å²) in [4.78, 5) is 13.1. The van der Waals surface area contributed by atoms with E-state index in [9.17, 15) is 9.18 Å². The molecule has 4 atom stereocenters. The summed E-state index contributed by atoms with van der Waals surface area (Å²) >= 11 is 0. The van der Waals surface area contributed by atoms with Crippen LogP contribution in [-0.2, 0) is 9.53 Å². The van der Waals surface area contributed by atoms with Crippen LogP contribution in [-0.4, -0.2) is 42.4 Å². The Kier molecular flexibility index (Phi) is 2.93. The van der Waals surface area contributed by atoms with Gasteiger partial charge in [-0.1, -0.05) is 6.92 Å². The number of fused-ring (bicyclic) bond motifs is 1. The molecule has 4 unspecified atom stereocenters. The molecule has 15 heavy (non-hydrogen) atoms. The molecule has 0 radical (unpaired) electrons. The average molecular weight is 216 g/mol. The van der Waals surface area contributed by atoms with Crippen LogP contribution >= 0.6 is 0 Å². The molecule has 4 nitrogen and oxygen atoms in total. The van der Waals surface area contributed by atoms with Crippen molar-refractivity contribution in [3.05, 3.63) is 0 Å². The van der Waals surface area contributed by atoms with E-state index in [4.69, 9.17) is 10.5 Å². The maximum atomic E-state index is 13.5. The number of morpholine rings is 1. The normalized spacial score (nSPS) is 41.5. The van der Waals surface area contributed by atoms with Crippen LogP contribution in [0.3, 0.4) is 0 Å². The van der Waals surface area contributed by atoms with E-state index in [0.29, 0.717) is 12.8 Å². The highest BCUT2D eigenvalue weighted by atomic mass is 19.1. The minimum atomic E-state index is -0.820. The van der Waals surface area contributed by atoms with Crippen molar-refractivity contribution in [2.75, 3.05) is 13.3 Å². The van der Waals surface area contributed by atoms with E-state index in [1.54, 1.807) is 4.90 Å². The Bertz CT molecular complexity index is 262. The summed E-state index contributed by atoms with van der Waals surface area (Å²) in [6.07, 6.45) is 0.0428. The van der Waals surface area contributed by atoms with Crippen molar-refractivity contribution in [3.8, 4) is 0 Å². The van der Waals surface area contributed by atoms with Crippen LogP contribution in [0.25, 0.3) is 0 Å². The number of nitrogens with zero attached hydrogens (tertiary/aromatic N) is 1. The summed E-state index contributed by atoms with van der Waals surface area (Å²) in [5.74, 6) is -0.0990. The van der Waals surface area contributed by atoms with Gasteiger partial charge < -0.3 is 15.4 Å². The minimum absolute atomic E-state index is 0.0187. The fraction of sp³-hybridized carbons (Fsp3) is 0.900. The molecule has 1 heterocycles. The van der Waals surface area contributed by atoms with Crippen molar-refractivity contribution in [1.82, 2.24) is 4.90 Å². The van der Waals surface area contributed by atoms with Gasteiger partial charge in [0.15, 0.2) is 0 Å². The minimum Gasteiger partial charge on any atom is -0.366 e. The van der Waals surface area contributed by atoms with E-state index in [0.717, 1.165) is 0 Å². The summed E-state index contributed by atoms with van der Waals surface area (Å²) < 4.78 is 18.8. The van der Waals surface area contributed by atoms with E-state index in [2.05, 4.69) is 0 Å². The second-order valence-corrected chi connectivity index (χ2v) is 4.43. The van der Waals surface area contributed by atoms with Crippen molar-refractivity contribution < 1.29 is 13.9 Å². The Morgan fingerprint density at radius 3 is 3.00 bits per heavy atom. The molecule has 2 aliphatic rings. The summed E-state index contributed by atoms with van der Waals surface area (Å²) in [5.41, 5.74) is 5.54. The molecule has 0 aromatic rings. The number of carbonyl (C=O) groups is 1. The molecule has 1 saturated heterocycles. The third-order valence-corrected chi connectivity index (χ3v) is 3.46. The Hall–Kier alpha value is -0.680. The van der Waals surface area contributed by atoms with E-state index in [-0.39, 0.29) is 37.2 Å². The molecule has 1 amide bonds. The van der Waals surface area contributed by atoms with Crippen LogP contribution in [0.2, 0.25) is 0 Å². The topological polar surface area (TPSA) is 55.6 Å². The lowest BCUT2D eigenvalue weighted by Crippen LogP contribution is -2.59. The monoisotopic (exact) mass is 216 g/mol. The van der Waals surface area contributed by atoms with Gasteiger partial charge in [-0.15, -0.1) is 0 Å². The van der Waals surface area contributed by atoms with Gasteiger partial charge in [-0.05, 0) is 12.3 Å². The molecule has 1 saturated carbocycles. The molecule has 0 bridgehead atoms. The predicted molar refractivity (Wildman–Crippen MR) is 52.7 cm³/mol. The van der Waals surface area contributed by atoms with Gasteiger partial charge in [0, 0.05) is 6.42 Å². The molecule has 1 aliphatic heterocycles. The smallest absolute Gasteiger partial charge is 0.249 e. The van der Waals surface area contributed by atoms with E-state index in [1.807, 2.05) is 6.92 Å². The van der Waals surface area contributed by atoms with Crippen LogP contribution in [0.4, 0.5) is 4.39 Å². The molecule has 2 N–H and O–H groups in total. The maximum Gasteiger partial charge on any atom is 0.249 e.